The summed E-state index contributed by atoms with van der Waals surface area (Å²) in [5.41, 5.74) is 7.60. The van der Waals surface area contributed by atoms with Gasteiger partial charge in [0.25, 0.3) is 0 Å². The van der Waals surface area contributed by atoms with Gasteiger partial charge in [0.2, 0.25) is 11.8 Å². The van der Waals surface area contributed by atoms with Gasteiger partial charge in [-0.3, -0.25) is 4.98 Å². The van der Waals surface area contributed by atoms with Gasteiger partial charge in [-0.15, -0.1) is 5.10 Å². The third-order valence-electron chi connectivity index (χ3n) is 3.16. The van der Waals surface area contributed by atoms with Gasteiger partial charge in [0.05, 0.1) is 12.0 Å². The van der Waals surface area contributed by atoms with Crippen LogP contribution in [0.5, 0.6) is 0 Å². The Morgan fingerprint density at radius 3 is 2.91 bits per heavy atom. The molecule has 0 fully saturated rings. The lowest BCUT2D eigenvalue weighted by Gasteiger charge is -2.02. The minimum atomic E-state index is 0.288. The first-order valence-electron chi connectivity index (χ1n) is 6.89. The molecule has 0 atom stereocenters. The monoisotopic (exact) mass is 324 g/mol. The quantitative estimate of drug-likeness (QED) is 0.455. The molecule has 0 saturated carbocycles. The fourth-order valence-corrected chi connectivity index (χ4v) is 2.92. The second kappa shape index (κ2) is 5.73. The zero-order chi connectivity index (χ0) is 15.6. The summed E-state index contributed by atoms with van der Waals surface area (Å²) in [6.45, 7) is 0. The summed E-state index contributed by atoms with van der Waals surface area (Å²) >= 11 is 1.55. The van der Waals surface area contributed by atoms with Gasteiger partial charge in [-0.1, -0.05) is 17.8 Å². The molecule has 7 nitrogen and oxygen atoms in total. The Morgan fingerprint density at radius 2 is 2.13 bits per heavy atom. The Bertz CT molecular complexity index is 935. The van der Waals surface area contributed by atoms with Crippen molar-refractivity contribution in [1.29, 1.82) is 0 Å². The van der Waals surface area contributed by atoms with Crippen molar-refractivity contribution in [2.24, 2.45) is 0 Å². The molecule has 0 radical (unpaired) electrons. The highest BCUT2D eigenvalue weighted by Gasteiger charge is 2.12. The first-order chi connectivity index (χ1) is 11.3. The Kier molecular flexibility index (Phi) is 3.43. The van der Waals surface area contributed by atoms with Gasteiger partial charge >= 0.3 is 0 Å². The molecule has 0 aliphatic heterocycles. The second-order valence-electron chi connectivity index (χ2n) is 4.75. The molecule has 0 amide bonds. The normalized spacial score (nSPS) is 11.1. The van der Waals surface area contributed by atoms with Crippen LogP contribution in [0.4, 0.5) is 5.95 Å². The van der Waals surface area contributed by atoms with Crippen LogP contribution in [0.15, 0.2) is 58.3 Å². The van der Waals surface area contributed by atoms with E-state index in [0.717, 1.165) is 10.7 Å². The third-order valence-corrected chi connectivity index (χ3v) is 4.11. The number of thioether (sulfide) groups is 1. The molecule has 4 rings (SSSR count). The van der Waals surface area contributed by atoms with Crippen molar-refractivity contribution in [2.45, 2.75) is 10.8 Å². The van der Waals surface area contributed by atoms with Crippen LogP contribution in [-0.2, 0) is 5.75 Å². The smallest absolute Gasteiger partial charge is 0.224 e. The van der Waals surface area contributed by atoms with E-state index >= 15 is 0 Å². The summed E-state index contributed by atoms with van der Waals surface area (Å²) in [7, 11) is 0. The van der Waals surface area contributed by atoms with Crippen molar-refractivity contribution in [3.63, 3.8) is 0 Å². The van der Waals surface area contributed by atoms with Crippen LogP contribution in [0.1, 0.15) is 5.69 Å². The fourth-order valence-electron chi connectivity index (χ4n) is 2.10. The van der Waals surface area contributed by atoms with Gasteiger partial charge < -0.3 is 10.2 Å². The van der Waals surface area contributed by atoms with Gasteiger partial charge in [-0.05, 0) is 24.3 Å². The lowest BCUT2D eigenvalue weighted by atomic mass is 10.4. The van der Waals surface area contributed by atoms with Crippen LogP contribution in [0.2, 0.25) is 0 Å². The average Bonchev–Trinajstić information content (AvgIpc) is 3.23. The fraction of sp³-hybridized carbons (Fsp3) is 0.0667. The Labute approximate surface area is 135 Å². The molecule has 2 N–H and O–H groups in total. The van der Waals surface area contributed by atoms with E-state index in [0.29, 0.717) is 23.0 Å². The third kappa shape index (κ3) is 2.76. The number of furan rings is 1. The van der Waals surface area contributed by atoms with Gasteiger partial charge in [0.15, 0.2) is 11.4 Å². The second-order valence-corrected chi connectivity index (χ2v) is 5.74. The molecular weight excluding hydrogens is 312 g/mol. The van der Waals surface area contributed by atoms with Crippen LogP contribution in [-0.4, -0.2) is 24.6 Å². The predicted octanol–water partition coefficient (Wildman–Crippen LogP) is 2.65. The highest BCUT2D eigenvalue weighted by Crippen LogP contribution is 2.24. The first-order valence-corrected chi connectivity index (χ1v) is 7.88. The molecule has 4 heterocycles. The Morgan fingerprint density at radius 1 is 1.17 bits per heavy atom. The molecule has 0 aliphatic carbocycles. The van der Waals surface area contributed by atoms with Crippen LogP contribution in [0.25, 0.3) is 17.2 Å². The van der Waals surface area contributed by atoms with Crippen molar-refractivity contribution in [2.75, 3.05) is 5.73 Å². The molecule has 0 aliphatic rings. The van der Waals surface area contributed by atoms with Crippen LogP contribution in [0, 0.1) is 0 Å². The standard InChI is InChI=1S/C15H12N6OS/c16-15-19-13(23-9-10-4-1-2-6-17-10)8-12-18-14(20-21(12)15)11-5-3-7-22-11/h1-8H,9H2,(H2,16,19). The van der Waals surface area contributed by atoms with Crippen molar-refractivity contribution < 1.29 is 4.42 Å². The largest absolute Gasteiger partial charge is 0.461 e. The SMILES string of the molecule is Nc1nc(SCc2ccccn2)cc2nc(-c3ccco3)nn12. The molecule has 0 saturated heterocycles. The summed E-state index contributed by atoms with van der Waals surface area (Å²) in [6.07, 6.45) is 3.35. The van der Waals surface area contributed by atoms with Crippen LogP contribution in [0.3, 0.4) is 0 Å². The molecule has 0 unspecified atom stereocenters. The minimum absolute atomic E-state index is 0.288. The lowest BCUT2D eigenvalue weighted by Crippen LogP contribution is -2.02. The molecular formula is C15H12N6OS. The number of hydrogen-bond acceptors (Lipinski definition) is 7. The van der Waals surface area contributed by atoms with Gasteiger partial charge in [-0.2, -0.15) is 4.52 Å². The minimum Gasteiger partial charge on any atom is -0.461 e. The van der Waals surface area contributed by atoms with Crippen molar-refractivity contribution in [3.05, 3.63) is 54.6 Å². The first kappa shape index (κ1) is 13.8. The van der Waals surface area contributed by atoms with Gasteiger partial charge in [0, 0.05) is 18.0 Å². The van der Waals surface area contributed by atoms with E-state index in [1.54, 1.807) is 36.4 Å². The molecule has 4 aromatic heterocycles. The molecule has 4 aromatic rings. The number of aromatic nitrogens is 5. The highest BCUT2D eigenvalue weighted by molar-refractivity contribution is 7.98. The maximum Gasteiger partial charge on any atom is 0.224 e. The highest BCUT2D eigenvalue weighted by atomic mass is 32.2. The topological polar surface area (TPSA) is 95.1 Å². The van der Waals surface area contributed by atoms with E-state index in [-0.39, 0.29) is 5.95 Å². The average molecular weight is 324 g/mol. The number of nitrogens with two attached hydrogens (primary N) is 1. The summed E-state index contributed by atoms with van der Waals surface area (Å²) in [5, 5.41) is 5.09. The number of nitrogen functional groups attached to an aromatic ring is 1. The summed E-state index contributed by atoms with van der Waals surface area (Å²) in [6, 6.07) is 11.3. The summed E-state index contributed by atoms with van der Waals surface area (Å²) < 4.78 is 6.81. The van der Waals surface area contributed by atoms with E-state index < -0.39 is 0 Å². The number of fused-ring (bicyclic) bond motifs is 1. The lowest BCUT2D eigenvalue weighted by molar-refractivity contribution is 0.577. The number of pyridine rings is 1. The van der Waals surface area contributed by atoms with Crippen LogP contribution >= 0.6 is 11.8 Å². The molecule has 0 spiro atoms. The Balaban J connectivity index is 1.64. The van der Waals surface area contributed by atoms with Crippen molar-refractivity contribution in [1.82, 2.24) is 24.6 Å². The molecule has 114 valence electrons. The van der Waals surface area contributed by atoms with Gasteiger partial charge in [-0.25, -0.2) is 9.97 Å². The van der Waals surface area contributed by atoms with Gasteiger partial charge in [0.1, 0.15) is 5.03 Å². The molecule has 0 aromatic carbocycles. The zero-order valence-electron chi connectivity index (χ0n) is 12.0. The molecule has 0 bridgehead atoms. The Hall–Kier alpha value is -2.87. The predicted molar refractivity (Wildman–Crippen MR) is 86.7 cm³/mol. The van der Waals surface area contributed by atoms with E-state index in [4.69, 9.17) is 10.2 Å². The summed E-state index contributed by atoms with van der Waals surface area (Å²) in [5.74, 6) is 2.07. The molecule has 23 heavy (non-hydrogen) atoms. The number of rotatable bonds is 4. The van der Waals surface area contributed by atoms with Crippen molar-refractivity contribution >= 4 is 23.4 Å². The van der Waals surface area contributed by atoms with E-state index in [1.807, 2.05) is 24.3 Å². The maximum absolute atomic E-state index is 5.98. The van der Waals surface area contributed by atoms with E-state index in [2.05, 4.69) is 20.1 Å². The molecule has 8 heteroatoms. The number of hydrogen-bond donors (Lipinski definition) is 1. The maximum atomic E-state index is 5.98. The number of nitrogens with zero attached hydrogens (tertiary/aromatic N) is 5. The van der Waals surface area contributed by atoms with E-state index in [9.17, 15) is 0 Å². The zero-order valence-corrected chi connectivity index (χ0v) is 12.8. The van der Waals surface area contributed by atoms with E-state index in [1.165, 1.54) is 4.52 Å². The summed E-state index contributed by atoms with van der Waals surface area (Å²) in [4.78, 5) is 13.1. The van der Waals surface area contributed by atoms with Crippen molar-refractivity contribution in [3.8, 4) is 11.6 Å². The number of anilines is 1. The van der Waals surface area contributed by atoms with Crippen LogP contribution < -0.4 is 5.73 Å².